The Hall–Kier alpha value is -2.88. The Morgan fingerprint density at radius 1 is 0.650 bits per heavy atom. The van der Waals surface area contributed by atoms with Crippen LogP contribution in [0.25, 0.3) is 0 Å². The lowest BCUT2D eigenvalue weighted by atomic mass is 10.2. The Morgan fingerprint density at radius 2 is 1.05 bits per heavy atom. The van der Waals surface area contributed by atoms with E-state index in [1.54, 1.807) is 48.8 Å². The first kappa shape index (κ1) is 13.5. The van der Waals surface area contributed by atoms with E-state index in [1.807, 2.05) is 12.1 Å². The molecule has 0 bridgehead atoms. The second kappa shape index (κ2) is 6.89. The molecule has 0 aliphatic rings. The minimum atomic E-state index is 0.183. The molecule has 4 heteroatoms. The molecule has 0 aliphatic carbocycles. The molecule has 0 unspecified atom stereocenters. The van der Waals surface area contributed by atoms with E-state index in [9.17, 15) is 10.2 Å². The van der Waals surface area contributed by atoms with Crippen molar-refractivity contribution in [1.29, 1.82) is 0 Å². The third-order valence-corrected chi connectivity index (χ3v) is 2.54. The van der Waals surface area contributed by atoms with E-state index in [0.29, 0.717) is 11.1 Å². The number of para-hydroxylation sites is 2. The number of phenols is 2. The number of phenolic OH excluding ortho intramolecular Hbond substituents is 2. The molecule has 0 aliphatic heterocycles. The SMILES string of the molecule is Oc1ccccc1C=N/C=C/N=Cc1ccccc1O. The van der Waals surface area contributed by atoms with Gasteiger partial charge in [-0.2, -0.15) is 0 Å². The Kier molecular flexibility index (Phi) is 4.67. The zero-order chi connectivity index (χ0) is 14.2. The third-order valence-electron chi connectivity index (χ3n) is 2.54. The average molecular weight is 266 g/mol. The highest BCUT2D eigenvalue weighted by molar-refractivity contribution is 5.84. The van der Waals surface area contributed by atoms with Crippen LogP contribution >= 0.6 is 0 Å². The topological polar surface area (TPSA) is 65.2 Å². The van der Waals surface area contributed by atoms with Gasteiger partial charge in [-0.25, -0.2) is 0 Å². The molecule has 2 aromatic rings. The number of nitrogens with zero attached hydrogens (tertiary/aromatic N) is 2. The van der Waals surface area contributed by atoms with Gasteiger partial charge < -0.3 is 10.2 Å². The van der Waals surface area contributed by atoms with Crippen LogP contribution in [0.1, 0.15) is 11.1 Å². The number of aliphatic imine (C=N–C) groups is 2. The number of aromatic hydroxyl groups is 2. The fraction of sp³-hybridized carbons (Fsp3) is 0. The van der Waals surface area contributed by atoms with E-state index in [0.717, 1.165) is 0 Å². The first-order valence-corrected chi connectivity index (χ1v) is 6.05. The summed E-state index contributed by atoms with van der Waals surface area (Å²) in [5, 5.41) is 19.0. The van der Waals surface area contributed by atoms with Gasteiger partial charge in [0.05, 0.1) is 0 Å². The van der Waals surface area contributed by atoms with Crippen molar-refractivity contribution in [3.8, 4) is 11.5 Å². The fourth-order valence-corrected chi connectivity index (χ4v) is 1.52. The average Bonchev–Trinajstić information content (AvgIpc) is 2.46. The molecule has 100 valence electrons. The van der Waals surface area contributed by atoms with Crippen LogP contribution in [0.3, 0.4) is 0 Å². The minimum Gasteiger partial charge on any atom is -0.507 e. The summed E-state index contributed by atoms with van der Waals surface area (Å²) in [6.07, 6.45) is 6.09. The Labute approximate surface area is 117 Å². The zero-order valence-electron chi connectivity index (χ0n) is 10.7. The molecule has 0 aromatic heterocycles. The van der Waals surface area contributed by atoms with Gasteiger partial charge in [0.15, 0.2) is 0 Å². The molecular weight excluding hydrogens is 252 g/mol. The molecule has 0 heterocycles. The molecule has 20 heavy (non-hydrogen) atoms. The summed E-state index contributed by atoms with van der Waals surface area (Å²) in [4.78, 5) is 8.03. The van der Waals surface area contributed by atoms with Gasteiger partial charge in [0, 0.05) is 36.0 Å². The normalized spacial score (nSPS) is 11.8. The standard InChI is InChI=1S/C16H14N2O2/c19-15-7-3-1-5-13(15)11-17-9-10-18-12-14-6-2-4-8-16(14)20/h1-12,19-20H/b10-9+,17-11?,18-12?. The van der Waals surface area contributed by atoms with Crippen molar-refractivity contribution in [2.24, 2.45) is 9.98 Å². The van der Waals surface area contributed by atoms with E-state index in [4.69, 9.17) is 0 Å². The highest BCUT2D eigenvalue weighted by Crippen LogP contribution is 2.13. The van der Waals surface area contributed by atoms with Gasteiger partial charge in [-0.3, -0.25) is 9.98 Å². The van der Waals surface area contributed by atoms with Gasteiger partial charge in [-0.05, 0) is 24.3 Å². The molecule has 0 atom stereocenters. The van der Waals surface area contributed by atoms with Gasteiger partial charge in [0.2, 0.25) is 0 Å². The summed E-state index contributed by atoms with van der Waals surface area (Å²) < 4.78 is 0. The van der Waals surface area contributed by atoms with Crippen LogP contribution in [0.2, 0.25) is 0 Å². The van der Waals surface area contributed by atoms with Crippen LogP contribution in [-0.2, 0) is 0 Å². The molecule has 0 saturated carbocycles. The Morgan fingerprint density at radius 3 is 1.45 bits per heavy atom. The third kappa shape index (κ3) is 3.81. The van der Waals surface area contributed by atoms with Gasteiger partial charge in [0.25, 0.3) is 0 Å². The smallest absolute Gasteiger partial charge is 0.124 e. The Balaban J connectivity index is 1.95. The minimum absolute atomic E-state index is 0.183. The summed E-state index contributed by atoms with van der Waals surface area (Å²) in [7, 11) is 0. The van der Waals surface area contributed by atoms with Gasteiger partial charge >= 0.3 is 0 Å². The van der Waals surface area contributed by atoms with E-state index in [2.05, 4.69) is 9.98 Å². The molecule has 2 aromatic carbocycles. The molecule has 0 spiro atoms. The van der Waals surface area contributed by atoms with Crippen molar-refractivity contribution in [3.63, 3.8) is 0 Å². The molecule has 0 saturated heterocycles. The van der Waals surface area contributed by atoms with E-state index >= 15 is 0 Å². The summed E-state index contributed by atoms with van der Waals surface area (Å²) in [6, 6.07) is 13.9. The van der Waals surface area contributed by atoms with Crippen LogP contribution in [0.5, 0.6) is 11.5 Å². The second-order valence-corrected chi connectivity index (χ2v) is 3.97. The maximum absolute atomic E-state index is 9.52. The molecular formula is C16H14N2O2. The first-order chi connectivity index (χ1) is 9.77. The maximum Gasteiger partial charge on any atom is 0.124 e. The quantitative estimate of drug-likeness (QED) is 0.835. The van der Waals surface area contributed by atoms with Crippen molar-refractivity contribution in [3.05, 3.63) is 72.1 Å². The second-order valence-electron chi connectivity index (χ2n) is 3.97. The predicted molar refractivity (Wildman–Crippen MR) is 80.5 cm³/mol. The van der Waals surface area contributed by atoms with E-state index in [-0.39, 0.29) is 11.5 Å². The number of hydrogen-bond acceptors (Lipinski definition) is 4. The molecule has 0 fully saturated rings. The van der Waals surface area contributed by atoms with Crippen molar-refractivity contribution >= 4 is 12.4 Å². The summed E-state index contributed by atoms with van der Waals surface area (Å²) in [5.74, 6) is 0.365. The number of hydrogen-bond donors (Lipinski definition) is 2. The molecule has 0 amide bonds. The fourth-order valence-electron chi connectivity index (χ4n) is 1.52. The van der Waals surface area contributed by atoms with Gasteiger partial charge in [0.1, 0.15) is 11.5 Å². The van der Waals surface area contributed by atoms with Crippen LogP contribution < -0.4 is 0 Å². The van der Waals surface area contributed by atoms with Crippen LogP contribution in [0, 0.1) is 0 Å². The first-order valence-electron chi connectivity index (χ1n) is 6.05. The van der Waals surface area contributed by atoms with Crippen molar-refractivity contribution in [2.45, 2.75) is 0 Å². The highest BCUT2D eigenvalue weighted by Gasteiger charge is 1.93. The number of rotatable bonds is 4. The molecule has 2 rings (SSSR count). The van der Waals surface area contributed by atoms with E-state index in [1.165, 1.54) is 12.4 Å². The largest absolute Gasteiger partial charge is 0.507 e. The molecule has 2 N–H and O–H groups in total. The molecule has 4 nitrogen and oxygen atoms in total. The van der Waals surface area contributed by atoms with Crippen molar-refractivity contribution in [2.75, 3.05) is 0 Å². The van der Waals surface area contributed by atoms with Crippen LogP contribution in [0.4, 0.5) is 0 Å². The van der Waals surface area contributed by atoms with Gasteiger partial charge in [-0.1, -0.05) is 24.3 Å². The van der Waals surface area contributed by atoms with Crippen LogP contribution in [0.15, 0.2) is 70.9 Å². The summed E-state index contributed by atoms with van der Waals surface area (Å²) >= 11 is 0. The van der Waals surface area contributed by atoms with Gasteiger partial charge in [-0.15, -0.1) is 0 Å². The van der Waals surface area contributed by atoms with Crippen LogP contribution in [-0.4, -0.2) is 22.6 Å². The number of benzene rings is 2. The monoisotopic (exact) mass is 266 g/mol. The zero-order valence-corrected chi connectivity index (χ0v) is 10.7. The lowest BCUT2D eigenvalue weighted by Gasteiger charge is -1.95. The van der Waals surface area contributed by atoms with Crippen molar-refractivity contribution < 1.29 is 10.2 Å². The maximum atomic E-state index is 9.52. The lowest BCUT2D eigenvalue weighted by molar-refractivity contribution is 0.474. The lowest BCUT2D eigenvalue weighted by Crippen LogP contribution is -1.80. The van der Waals surface area contributed by atoms with E-state index < -0.39 is 0 Å². The summed E-state index contributed by atoms with van der Waals surface area (Å²) in [6.45, 7) is 0. The predicted octanol–water partition coefficient (Wildman–Crippen LogP) is 3.11. The molecule has 0 radical (unpaired) electrons. The summed E-state index contributed by atoms with van der Waals surface area (Å²) in [5.41, 5.74) is 1.28. The Bertz CT molecular complexity index is 604. The van der Waals surface area contributed by atoms with Crippen molar-refractivity contribution in [1.82, 2.24) is 0 Å². The highest BCUT2D eigenvalue weighted by atomic mass is 16.3.